The van der Waals surface area contributed by atoms with Gasteiger partial charge in [0.25, 0.3) is 5.91 Å². The summed E-state index contributed by atoms with van der Waals surface area (Å²) in [5, 5.41) is 12.6. The summed E-state index contributed by atoms with van der Waals surface area (Å²) in [4.78, 5) is 17.5. The van der Waals surface area contributed by atoms with E-state index in [0.29, 0.717) is 24.0 Å². The highest BCUT2D eigenvalue weighted by Gasteiger charge is 2.16. The summed E-state index contributed by atoms with van der Waals surface area (Å²) < 4.78 is 1.60. The normalized spacial score (nSPS) is 10.1. The van der Waals surface area contributed by atoms with Gasteiger partial charge in [-0.15, -0.1) is 0 Å². The number of carbonyl (C=O) groups is 1. The van der Waals surface area contributed by atoms with Gasteiger partial charge in [-0.3, -0.25) is 9.78 Å². The Hall–Kier alpha value is -2.42. The molecule has 0 aromatic carbocycles. The fourth-order valence-corrected chi connectivity index (χ4v) is 1.52. The molecular weight excluding hydrogens is 218 g/mol. The maximum atomic E-state index is 12.1. The molecule has 6 nitrogen and oxygen atoms in total. The SMILES string of the molecule is CN(CCC#N)C(=O)c1cnn2ccncc12. The summed E-state index contributed by atoms with van der Waals surface area (Å²) in [6.45, 7) is 0.410. The van der Waals surface area contributed by atoms with Crippen molar-refractivity contribution in [1.82, 2.24) is 19.5 Å². The van der Waals surface area contributed by atoms with Gasteiger partial charge < -0.3 is 4.90 Å². The molecule has 17 heavy (non-hydrogen) atoms. The van der Waals surface area contributed by atoms with Gasteiger partial charge in [-0.1, -0.05) is 0 Å². The van der Waals surface area contributed by atoms with Crippen LogP contribution in [0.2, 0.25) is 0 Å². The van der Waals surface area contributed by atoms with E-state index in [-0.39, 0.29) is 5.91 Å². The Morgan fingerprint density at radius 1 is 1.59 bits per heavy atom. The number of nitrogens with zero attached hydrogens (tertiary/aromatic N) is 5. The molecule has 2 aromatic rings. The third-order valence-electron chi connectivity index (χ3n) is 2.46. The number of amides is 1. The molecule has 0 spiro atoms. The van der Waals surface area contributed by atoms with Gasteiger partial charge in [-0.05, 0) is 0 Å². The van der Waals surface area contributed by atoms with Crippen molar-refractivity contribution < 1.29 is 4.79 Å². The molecule has 0 unspecified atom stereocenters. The summed E-state index contributed by atoms with van der Waals surface area (Å²) >= 11 is 0. The first-order chi connectivity index (χ1) is 8.24. The second-order valence-corrected chi connectivity index (χ2v) is 3.60. The molecule has 0 atom stereocenters. The van der Waals surface area contributed by atoms with E-state index in [9.17, 15) is 4.79 Å². The Morgan fingerprint density at radius 3 is 3.18 bits per heavy atom. The van der Waals surface area contributed by atoms with Crippen LogP contribution in [0.15, 0.2) is 24.8 Å². The summed E-state index contributed by atoms with van der Waals surface area (Å²) in [5.41, 5.74) is 1.17. The average molecular weight is 229 g/mol. The first kappa shape index (κ1) is 11.1. The summed E-state index contributed by atoms with van der Waals surface area (Å²) in [6, 6.07) is 2.01. The number of fused-ring (bicyclic) bond motifs is 1. The first-order valence-corrected chi connectivity index (χ1v) is 5.14. The van der Waals surface area contributed by atoms with Gasteiger partial charge >= 0.3 is 0 Å². The monoisotopic (exact) mass is 229 g/mol. The van der Waals surface area contributed by atoms with Gasteiger partial charge in [0.2, 0.25) is 0 Å². The van der Waals surface area contributed by atoms with E-state index in [2.05, 4.69) is 10.1 Å². The minimum absolute atomic E-state index is 0.150. The van der Waals surface area contributed by atoms with Crippen molar-refractivity contribution in [2.24, 2.45) is 0 Å². The van der Waals surface area contributed by atoms with Crippen molar-refractivity contribution in [2.75, 3.05) is 13.6 Å². The van der Waals surface area contributed by atoms with Crippen LogP contribution >= 0.6 is 0 Å². The average Bonchev–Trinajstić information content (AvgIpc) is 2.78. The zero-order chi connectivity index (χ0) is 12.3. The number of carbonyl (C=O) groups excluding carboxylic acids is 1. The third-order valence-corrected chi connectivity index (χ3v) is 2.46. The molecule has 0 saturated heterocycles. The summed E-state index contributed by atoms with van der Waals surface area (Å²) in [6.07, 6.45) is 6.72. The molecule has 0 aliphatic rings. The van der Waals surface area contributed by atoms with Gasteiger partial charge in [0, 0.05) is 26.0 Å². The molecule has 6 heteroatoms. The fourth-order valence-electron chi connectivity index (χ4n) is 1.52. The van der Waals surface area contributed by atoms with Crippen LogP contribution in [-0.2, 0) is 0 Å². The lowest BCUT2D eigenvalue weighted by molar-refractivity contribution is 0.0800. The highest BCUT2D eigenvalue weighted by Crippen LogP contribution is 2.11. The lowest BCUT2D eigenvalue weighted by Gasteiger charge is -2.14. The highest BCUT2D eigenvalue weighted by molar-refractivity contribution is 6.00. The Morgan fingerprint density at radius 2 is 2.41 bits per heavy atom. The van der Waals surface area contributed by atoms with Gasteiger partial charge in [0.15, 0.2) is 0 Å². The van der Waals surface area contributed by atoms with Crippen LogP contribution in [0, 0.1) is 11.3 Å². The van der Waals surface area contributed by atoms with Crippen molar-refractivity contribution in [1.29, 1.82) is 5.26 Å². The number of hydrogen-bond donors (Lipinski definition) is 0. The molecule has 0 N–H and O–H groups in total. The highest BCUT2D eigenvalue weighted by atomic mass is 16.2. The van der Waals surface area contributed by atoms with Gasteiger partial charge in [-0.25, -0.2) is 4.52 Å². The van der Waals surface area contributed by atoms with Gasteiger partial charge in [-0.2, -0.15) is 10.4 Å². The molecule has 2 rings (SSSR count). The van der Waals surface area contributed by atoms with Crippen LogP contribution in [0.25, 0.3) is 5.52 Å². The van der Waals surface area contributed by atoms with Crippen LogP contribution in [0.3, 0.4) is 0 Å². The Kier molecular flexibility index (Phi) is 3.01. The molecule has 2 aromatic heterocycles. The van der Waals surface area contributed by atoms with E-state index >= 15 is 0 Å². The summed E-state index contributed by atoms with van der Waals surface area (Å²) in [7, 11) is 1.67. The molecule has 0 aliphatic carbocycles. The van der Waals surface area contributed by atoms with Gasteiger partial charge in [0.05, 0.1) is 36.0 Å². The van der Waals surface area contributed by atoms with Crippen molar-refractivity contribution in [3.63, 3.8) is 0 Å². The molecule has 0 fully saturated rings. The first-order valence-electron chi connectivity index (χ1n) is 5.14. The zero-order valence-corrected chi connectivity index (χ0v) is 9.37. The van der Waals surface area contributed by atoms with Crippen LogP contribution in [-0.4, -0.2) is 39.0 Å². The molecule has 1 amide bonds. The van der Waals surface area contributed by atoms with Crippen LogP contribution in [0.5, 0.6) is 0 Å². The van der Waals surface area contributed by atoms with Crippen LogP contribution in [0.1, 0.15) is 16.8 Å². The lowest BCUT2D eigenvalue weighted by Crippen LogP contribution is -2.27. The van der Waals surface area contributed by atoms with Crippen LogP contribution in [0.4, 0.5) is 0 Å². The minimum atomic E-state index is -0.150. The number of nitriles is 1. The smallest absolute Gasteiger partial charge is 0.257 e. The Balaban J connectivity index is 2.28. The molecule has 0 bridgehead atoms. The molecular formula is C11H11N5O. The summed E-state index contributed by atoms with van der Waals surface area (Å²) in [5.74, 6) is -0.150. The van der Waals surface area contributed by atoms with Crippen molar-refractivity contribution in [2.45, 2.75) is 6.42 Å². The number of rotatable bonds is 3. The quantitative estimate of drug-likeness (QED) is 0.777. The predicted molar refractivity (Wildman–Crippen MR) is 60.2 cm³/mol. The molecule has 2 heterocycles. The molecule has 0 aliphatic heterocycles. The predicted octanol–water partition coefficient (Wildman–Crippen LogP) is 0.715. The van der Waals surface area contributed by atoms with E-state index in [1.165, 1.54) is 11.1 Å². The van der Waals surface area contributed by atoms with E-state index in [0.717, 1.165) is 0 Å². The Bertz CT molecular complexity index is 583. The topological polar surface area (TPSA) is 74.3 Å². The van der Waals surface area contributed by atoms with E-state index in [1.807, 2.05) is 6.07 Å². The van der Waals surface area contributed by atoms with E-state index < -0.39 is 0 Å². The third kappa shape index (κ3) is 2.08. The second kappa shape index (κ2) is 4.61. The fraction of sp³-hybridized carbons (Fsp3) is 0.273. The zero-order valence-electron chi connectivity index (χ0n) is 9.37. The second-order valence-electron chi connectivity index (χ2n) is 3.60. The molecule has 0 radical (unpaired) electrons. The standard InChI is InChI=1S/C11H11N5O/c1-15(5-2-3-12)11(17)9-7-14-16-6-4-13-8-10(9)16/h4,6-8H,2,5H2,1H3. The van der Waals surface area contributed by atoms with Crippen molar-refractivity contribution >= 4 is 11.4 Å². The number of hydrogen-bond acceptors (Lipinski definition) is 4. The van der Waals surface area contributed by atoms with E-state index in [4.69, 9.17) is 5.26 Å². The largest absolute Gasteiger partial charge is 0.341 e. The van der Waals surface area contributed by atoms with Crippen molar-refractivity contribution in [3.05, 3.63) is 30.4 Å². The van der Waals surface area contributed by atoms with Gasteiger partial charge in [0.1, 0.15) is 0 Å². The minimum Gasteiger partial charge on any atom is -0.341 e. The maximum absolute atomic E-state index is 12.1. The number of aromatic nitrogens is 3. The maximum Gasteiger partial charge on any atom is 0.257 e. The molecule has 86 valence electrons. The molecule has 0 saturated carbocycles. The van der Waals surface area contributed by atoms with E-state index in [1.54, 1.807) is 30.2 Å². The Labute approximate surface area is 98.1 Å². The lowest BCUT2D eigenvalue weighted by atomic mass is 10.2. The van der Waals surface area contributed by atoms with Crippen molar-refractivity contribution in [3.8, 4) is 6.07 Å². The van der Waals surface area contributed by atoms with Crippen LogP contribution < -0.4 is 0 Å².